The summed E-state index contributed by atoms with van der Waals surface area (Å²) in [5, 5.41) is 7.04. The van der Waals surface area contributed by atoms with Gasteiger partial charge < -0.3 is 14.4 Å². The molecule has 2 aromatic carbocycles. The van der Waals surface area contributed by atoms with Crippen LogP contribution < -0.4 is 5.32 Å². The number of unbranched alkanes of at least 4 members (excludes halogenated alkanes) is 1. The Kier molecular flexibility index (Phi) is 9.53. The van der Waals surface area contributed by atoms with Crippen LogP contribution in [0.4, 0.5) is 10.5 Å². The number of hydrogen-bond donors (Lipinski definition) is 1. The summed E-state index contributed by atoms with van der Waals surface area (Å²) < 4.78 is 10.5. The zero-order chi connectivity index (χ0) is 25.2. The van der Waals surface area contributed by atoms with E-state index in [0.29, 0.717) is 6.42 Å². The Labute approximate surface area is 217 Å². The van der Waals surface area contributed by atoms with E-state index in [1.165, 1.54) is 12.7 Å². The smallest absolute Gasteiger partial charge is 0.411 e. The first-order valence-electron chi connectivity index (χ1n) is 12.6. The summed E-state index contributed by atoms with van der Waals surface area (Å²) in [7, 11) is 1.41. The molecule has 0 radical (unpaired) electrons. The van der Waals surface area contributed by atoms with Crippen LogP contribution in [-0.4, -0.2) is 49.8 Å². The summed E-state index contributed by atoms with van der Waals surface area (Å²) in [5.74, 6) is -0.211. The quantitative estimate of drug-likeness (QED) is 0.263. The van der Waals surface area contributed by atoms with Crippen LogP contribution in [0.1, 0.15) is 36.8 Å². The number of methoxy groups -OCH3 is 1. The van der Waals surface area contributed by atoms with Crippen LogP contribution in [0.15, 0.2) is 65.4 Å². The second-order valence-electron chi connectivity index (χ2n) is 9.16. The van der Waals surface area contributed by atoms with Gasteiger partial charge in [-0.05, 0) is 78.2 Å². The molecule has 0 saturated carbocycles. The minimum atomic E-state index is -0.381. The van der Waals surface area contributed by atoms with Gasteiger partial charge in [0.1, 0.15) is 6.10 Å². The van der Waals surface area contributed by atoms with Crippen LogP contribution in [0.3, 0.4) is 0 Å². The summed E-state index contributed by atoms with van der Waals surface area (Å²) in [6.45, 7) is 2.96. The number of rotatable bonds is 10. The molecule has 1 N–H and O–H groups in total. The lowest BCUT2D eigenvalue weighted by atomic mass is 10.0. The van der Waals surface area contributed by atoms with Gasteiger partial charge in [-0.15, -0.1) is 0 Å². The second kappa shape index (κ2) is 13.2. The zero-order valence-electron chi connectivity index (χ0n) is 20.8. The molecule has 1 saturated heterocycles. The minimum absolute atomic E-state index is 0.0435. The van der Waals surface area contributed by atoms with E-state index in [4.69, 9.17) is 9.47 Å². The fourth-order valence-electron chi connectivity index (χ4n) is 4.53. The number of aryl methyl sites for hydroxylation is 1. The largest absolute Gasteiger partial charge is 0.469 e. The summed E-state index contributed by atoms with van der Waals surface area (Å²) in [6, 6.07) is 18.1. The van der Waals surface area contributed by atoms with E-state index >= 15 is 0 Å². The number of piperidine rings is 1. The molecule has 1 amide bonds. The number of carbonyl (C=O) groups excluding carboxylic acids is 2. The van der Waals surface area contributed by atoms with E-state index in [2.05, 4.69) is 33.8 Å². The first-order valence-corrected chi connectivity index (χ1v) is 13.5. The van der Waals surface area contributed by atoms with Gasteiger partial charge in [0.25, 0.3) is 0 Å². The predicted molar refractivity (Wildman–Crippen MR) is 144 cm³/mol. The highest BCUT2D eigenvalue weighted by Crippen LogP contribution is 2.29. The lowest BCUT2D eigenvalue weighted by Gasteiger charge is -2.31. The molecule has 1 fully saturated rings. The van der Waals surface area contributed by atoms with E-state index in [1.807, 2.05) is 41.8 Å². The summed E-state index contributed by atoms with van der Waals surface area (Å²) >= 11 is 1.64. The Balaban J connectivity index is 1.13. The van der Waals surface area contributed by atoms with E-state index in [1.54, 1.807) is 11.3 Å². The maximum atomic E-state index is 12.6. The molecule has 0 aliphatic carbocycles. The van der Waals surface area contributed by atoms with Crippen LogP contribution in [0.25, 0.3) is 11.1 Å². The molecule has 0 bridgehead atoms. The first-order chi connectivity index (χ1) is 17.6. The molecule has 1 aliphatic rings. The van der Waals surface area contributed by atoms with Crippen molar-refractivity contribution < 1.29 is 19.1 Å². The minimum Gasteiger partial charge on any atom is -0.469 e. The normalized spacial score (nSPS) is 14.4. The lowest BCUT2D eigenvalue weighted by Crippen LogP contribution is -2.38. The topological polar surface area (TPSA) is 67.9 Å². The third kappa shape index (κ3) is 7.67. The van der Waals surface area contributed by atoms with Crippen molar-refractivity contribution in [2.45, 2.75) is 44.6 Å². The van der Waals surface area contributed by atoms with Gasteiger partial charge in [-0.1, -0.05) is 42.5 Å². The van der Waals surface area contributed by atoms with Gasteiger partial charge in [-0.25, -0.2) is 4.79 Å². The molecule has 7 heteroatoms. The van der Waals surface area contributed by atoms with Crippen molar-refractivity contribution in [2.24, 2.45) is 0 Å². The zero-order valence-corrected chi connectivity index (χ0v) is 21.6. The van der Waals surface area contributed by atoms with E-state index < -0.39 is 0 Å². The van der Waals surface area contributed by atoms with Crippen molar-refractivity contribution in [3.05, 3.63) is 76.5 Å². The van der Waals surface area contributed by atoms with Gasteiger partial charge in [0.2, 0.25) is 0 Å². The number of thiophene rings is 1. The van der Waals surface area contributed by atoms with Crippen LogP contribution in [0.5, 0.6) is 0 Å². The molecule has 0 atom stereocenters. The van der Waals surface area contributed by atoms with Gasteiger partial charge in [-0.2, -0.15) is 11.3 Å². The number of carbonyl (C=O) groups is 2. The number of nitrogens with one attached hydrogen (secondary N) is 1. The fraction of sp³-hybridized carbons (Fsp3) is 0.379. The third-order valence-corrected chi connectivity index (χ3v) is 7.28. The van der Waals surface area contributed by atoms with E-state index in [9.17, 15) is 9.59 Å². The van der Waals surface area contributed by atoms with Crippen molar-refractivity contribution in [2.75, 3.05) is 32.1 Å². The SMILES string of the molecule is COC(=O)Cc1ccc(CCCCN2CCC(OC(=O)Nc3ccccc3-c3ccsc3)CC2)cc1. The van der Waals surface area contributed by atoms with Gasteiger partial charge in [0, 0.05) is 18.7 Å². The van der Waals surface area contributed by atoms with Gasteiger partial charge in [-0.3, -0.25) is 10.1 Å². The van der Waals surface area contributed by atoms with Gasteiger partial charge >= 0.3 is 12.1 Å². The molecule has 2 heterocycles. The molecule has 1 aromatic heterocycles. The number of esters is 1. The number of amides is 1. The maximum Gasteiger partial charge on any atom is 0.411 e. The average Bonchev–Trinajstić information content (AvgIpc) is 3.43. The summed E-state index contributed by atoms with van der Waals surface area (Å²) in [4.78, 5) is 26.4. The third-order valence-electron chi connectivity index (χ3n) is 6.59. The maximum absolute atomic E-state index is 12.6. The number of ether oxygens (including phenoxy) is 2. The van der Waals surface area contributed by atoms with Crippen LogP contribution in [0, 0.1) is 0 Å². The Bertz CT molecular complexity index is 1110. The van der Waals surface area contributed by atoms with Crippen molar-refractivity contribution >= 4 is 29.1 Å². The van der Waals surface area contributed by atoms with Crippen LogP contribution in [-0.2, 0) is 27.1 Å². The van der Waals surface area contributed by atoms with Crippen molar-refractivity contribution in [1.82, 2.24) is 4.90 Å². The van der Waals surface area contributed by atoms with Gasteiger partial charge in [0.15, 0.2) is 0 Å². The molecule has 0 spiro atoms. The molecule has 190 valence electrons. The molecule has 1 aliphatic heterocycles. The first kappa shape index (κ1) is 25.9. The lowest BCUT2D eigenvalue weighted by molar-refractivity contribution is -0.139. The van der Waals surface area contributed by atoms with E-state index in [0.717, 1.165) is 74.1 Å². The molecular weight excluding hydrogens is 472 g/mol. The molecule has 4 rings (SSSR count). The molecule has 36 heavy (non-hydrogen) atoms. The van der Waals surface area contributed by atoms with E-state index in [-0.39, 0.29) is 18.2 Å². The summed E-state index contributed by atoms with van der Waals surface area (Å²) in [5.41, 5.74) is 5.15. The second-order valence-corrected chi connectivity index (χ2v) is 9.94. The highest BCUT2D eigenvalue weighted by Gasteiger charge is 2.22. The molecule has 6 nitrogen and oxygen atoms in total. The Morgan fingerprint density at radius 1 is 1.00 bits per heavy atom. The Morgan fingerprint density at radius 3 is 2.47 bits per heavy atom. The number of likely N-dealkylation sites (tertiary alicyclic amines) is 1. The standard InChI is InChI=1S/C29H34N2O4S/c1-34-28(32)20-23-11-9-22(10-12-23)6-4-5-16-31-17-13-25(14-18-31)35-29(33)30-27-8-3-2-7-26(27)24-15-19-36-21-24/h2-3,7-12,15,19,21,25H,4-6,13-14,16-18,20H2,1H3,(H,30,33). The number of hydrogen-bond acceptors (Lipinski definition) is 6. The molecular formula is C29H34N2O4S. The Hall–Kier alpha value is -3.16. The number of benzene rings is 2. The van der Waals surface area contributed by atoms with Crippen LogP contribution >= 0.6 is 11.3 Å². The number of para-hydroxylation sites is 1. The number of anilines is 1. The van der Waals surface area contributed by atoms with Crippen molar-refractivity contribution in [3.8, 4) is 11.1 Å². The van der Waals surface area contributed by atoms with Crippen LogP contribution in [0.2, 0.25) is 0 Å². The Morgan fingerprint density at radius 2 is 1.75 bits per heavy atom. The highest BCUT2D eigenvalue weighted by atomic mass is 32.1. The van der Waals surface area contributed by atoms with Crippen molar-refractivity contribution in [3.63, 3.8) is 0 Å². The summed E-state index contributed by atoms with van der Waals surface area (Å²) in [6.07, 6.45) is 4.91. The van der Waals surface area contributed by atoms with Crippen molar-refractivity contribution in [1.29, 1.82) is 0 Å². The predicted octanol–water partition coefficient (Wildman–Crippen LogP) is 6.17. The molecule has 3 aromatic rings. The number of nitrogens with zero attached hydrogens (tertiary/aromatic N) is 1. The molecule has 0 unspecified atom stereocenters. The highest BCUT2D eigenvalue weighted by molar-refractivity contribution is 7.08. The monoisotopic (exact) mass is 506 g/mol. The average molecular weight is 507 g/mol. The fourth-order valence-corrected chi connectivity index (χ4v) is 5.19. The van der Waals surface area contributed by atoms with Gasteiger partial charge in [0.05, 0.1) is 19.2 Å².